The van der Waals surface area contributed by atoms with Gasteiger partial charge in [-0.05, 0) is 6.92 Å². The fourth-order valence-electron chi connectivity index (χ4n) is 8.77. The minimum atomic E-state index is -2.15. The molecule has 0 aromatic heterocycles. The molecule has 0 spiro atoms. The number of hydrogen-bond acceptors (Lipinski definition) is 30. The van der Waals surface area contributed by atoms with Crippen molar-refractivity contribution in [2.45, 2.75) is 191 Å². The van der Waals surface area contributed by atoms with Gasteiger partial charge in [0.1, 0.15) is 134 Å². The van der Waals surface area contributed by atoms with E-state index >= 15 is 0 Å². The van der Waals surface area contributed by atoms with Crippen LogP contribution in [0, 0.1) is 0 Å². The SMILES string of the molecule is C=CCO[C@@H]1OC(CO)[C@@H](O[C@@H]2OC(CO)[C@H](O[C@@H]3OC(CO)[C@H](O)C(OC4OC(CO)[C@H](O)C(O[C@@H]5OC(CO)[C@H](O)C(O)C5OC5OC(C)C(O)C(O)C5O)C4N)C3O)C(O)C2O)C(O)C1O. The van der Waals surface area contributed by atoms with Crippen molar-refractivity contribution in [3.63, 3.8) is 0 Å². The molecule has 6 heterocycles. The molecule has 6 rings (SSSR count). The van der Waals surface area contributed by atoms with Gasteiger partial charge in [-0.3, -0.25) is 0 Å². The van der Waals surface area contributed by atoms with Crippen LogP contribution in [0.2, 0.25) is 0 Å². The Kier molecular flexibility index (Phi) is 20.4. The molecule has 0 aromatic rings. The van der Waals surface area contributed by atoms with Gasteiger partial charge in [-0.25, -0.2) is 0 Å². The monoisotopic (exact) mass is 1010 g/mol. The average molecular weight is 1010 g/mol. The molecule has 30 nitrogen and oxygen atoms in total. The van der Waals surface area contributed by atoms with Crippen molar-refractivity contribution in [2.24, 2.45) is 5.73 Å². The molecule has 69 heavy (non-hydrogen) atoms. The van der Waals surface area contributed by atoms with Gasteiger partial charge in [-0.2, -0.15) is 0 Å². The smallest absolute Gasteiger partial charge is 0.187 e. The van der Waals surface area contributed by atoms with Gasteiger partial charge >= 0.3 is 0 Å². The number of aliphatic hydroxyl groups is 17. The van der Waals surface area contributed by atoms with E-state index in [0.717, 1.165) is 0 Å². The number of aliphatic hydroxyl groups excluding tert-OH is 17. The summed E-state index contributed by atoms with van der Waals surface area (Å²) in [7, 11) is 0. The zero-order valence-corrected chi connectivity index (χ0v) is 36.9. The molecule has 21 unspecified atom stereocenters. The molecule has 0 amide bonds. The van der Waals surface area contributed by atoms with Crippen LogP contribution in [0.5, 0.6) is 0 Å². The molecule has 6 aliphatic rings. The zero-order chi connectivity index (χ0) is 50.8. The topological polar surface area (TPSA) is 481 Å². The first kappa shape index (κ1) is 56.8. The van der Waals surface area contributed by atoms with Crippen molar-refractivity contribution in [1.29, 1.82) is 0 Å². The van der Waals surface area contributed by atoms with Gasteiger partial charge in [0, 0.05) is 0 Å². The summed E-state index contributed by atoms with van der Waals surface area (Å²) in [6.45, 7) is 0.102. The van der Waals surface area contributed by atoms with Crippen LogP contribution in [0.15, 0.2) is 12.7 Å². The summed E-state index contributed by atoms with van der Waals surface area (Å²) < 4.78 is 68.0. The molecular weight excluding hydrogens is 946 g/mol. The van der Waals surface area contributed by atoms with Crippen LogP contribution < -0.4 is 5.73 Å². The molecule has 30 heteroatoms. The normalized spacial score (nSPS) is 52.1. The van der Waals surface area contributed by atoms with E-state index in [1.54, 1.807) is 0 Å². The molecule has 0 bridgehead atoms. The first-order valence-electron chi connectivity index (χ1n) is 22.2. The lowest BCUT2D eigenvalue weighted by Gasteiger charge is -2.50. The zero-order valence-electron chi connectivity index (χ0n) is 36.9. The van der Waals surface area contributed by atoms with E-state index in [1.807, 2.05) is 0 Å². The van der Waals surface area contributed by atoms with Crippen LogP contribution in [-0.4, -0.2) is 311 Å². The Morgan fingerprint density at radius 2 is 0.754 bits per heavy atom. The minimum Gasteiger partial charge on any atom is -0.394 e. The van der Waals surface area contributed by atoms with Crippen molar-refractivity contribution in [1.82, 2.24) is 0 Å². The highest BCUT2D eigenvalue weighted by molar-refractivity contribution is 5.00. The van der Waals surface area contributed by atoms with Crippen LogP contribution in [0.3, 0.4) is 0 Å². The lowest BCUT2D eigenvalue weighted by molar-refractivity contribution is -0.392. The highest BCUT2D eigenvalue weighted by Crippen LogP contribution is 2.37. The van der Waals surface area contributed by atoms with Crippen molar-refractivity contribution < 1.29 is 144 Å². The highest BCUT2D eigenvalue weighted by atomic mass is 16.8. The summed E-state index contributed by atoms with van der Waals surface area (Å²) in [5, 5.41) is 182. The molecule has 19 N–H and O–H groups in total. The maximum Gasteiger partial charge on any atom is 0.187 e. The fraction of sp³-hybridized carbons (Fsp3) is 0.949. The second-order valence-corrected chi connectivity index (χ2v) is 17.4. The predicted octanol–water partition coefficient (Wildman–Crippen LogP) is -11.9. The third-order valence-corrected chi connectivity index (χ3v) is 12.8. The molecule has 402 valence electrons. The molecule has 0 aliphatic carbocycles. The quantitative estimate of drug-likeness (QED) is 0.0567. The first-order valence-corrected chi connectivity index (χ1v) is 22.2. The minimum absolute atomic E-state index is 0.101. The van der Waals surface area contributed by atoms with E-state index in [1.165, 1.54) is 13.0 Å². The van der Waals surface area contributed by atoms with Crippen LogP contribution in [-0.2, 0) is 56.8 Å². The van der Waals surface area contributed by atoms with Crippen LogP contribution in [0.25, 0.3) is 0 Å². The van der Waals surface area contributed by atoms with Gasteiger partial charge in [0.25, 0.3) is 0 Å². The molecule has 0 radical (unpaired) electrons. The molecule has 6 saturated heterocycles. The molecule has 30 atom stereocenters. The molecular formula is C39H67NO29. The fourth-order valence-corrected chi connectivity index (χ4v) is 8.77. The number of nitrogens with two attached hydrogens (primary N) is 1. The van der Waals surface area contributed by atoms with E-state index in [4.69, 9.17) is 62.6 Å². The molecule has 0 aromatic carbocycles. The Hall–Kier alpha value is -1.46. The second kappa shape index (κ2) is 24.7. The highest BCUT2D eigenvalue weighted by Gasteiger charge is 2.57. The Bertz CT molecular complexity index is 1580. The van der Waals surface area contributed by atoms with Crippen molar-refractivity contribution >= 4 is 0 Å². The summed E-state index contributed by atoms with van der Waals surface area (Å²) in [4.78, 5) is 0. The second-order valence-electron chi connectivity index (χ2n) is 17.4. The van der Waals surface area contributed by atoms with Gasteiger partial charge in [-0.1, -0.05) is 6.08 Å². The van der Waals surface area contributed by atoms with E-state index in [2.05, 4.69) is 6.58 Å². The molecule has 6 fully saturated rings. The summed E-state index contributed by atoms with van der Waals surface area (Å²) in [5.41, 5.74) is 6.50. The standard InChI is InChI=1S/C39H67NO29/c1-3-4-58-35-26(55)23(52)29(14(8-44)63-35)65-37-27(56)24(53)30(15(9-45)64-37)66-38-28(57)32(20(49)13(7-43)61-38)68-34-16(40)31(19(48)12(6-42)60-34)67-39-33(22(51)18(47)11(5-41)62-39)69-36-25(54)21(50)17(46)10(2)59-36/h3,10-39,41-57H,1,4-9,40H2,2H3/t10?,11?,12?,13?,14?,15?,16?,17?,18-,19-,20-,21?,22?,23?,24?,25?,26?,27?,28?,29+,30-,31?,32?,33?,34?,35+,36?,37-,38-,39-/m0/s1. The molecule has 0 saturated carbocycles. The Labute approximate surface area is 392 Å². The van der Waals surface area contributed by atoms with Crippen molar-refractivity contribution in [2.75, 3.05) is 39.6 Å². The van der Waals surface area contributed by atoms with Gasteiger partial charge in [0.2, 0.25) is 0 Å². The van der Waals surface area contributed by atoms with Crippen LogP contribution >= 0.6 is 0 Å². The van der Waals surface area contributed by atoms with Gasteiger partial charge in [-0.15, -0.1) is 6.58 Å². The Balaban J connectivity index is 1.17. The van der Waals surface area contributed by atoms with E-state index < -0.39 is 217 Å². The van der Waals surface area contributed by atoms with E-state index in [0.29, 0.717) is 0 Å². The lowest BCUT2D eigenvalue weighted by atomic mass is 9.94. The summed E-state index contributed by atoms with van der Waals surface area (Å²) >= 11 is 0. The summed E-state index contributed by atoms with van der Waals surface area (Å²) in [5.74, 6) is 0. The third-order valence-electron chi connectivity index (χ3n) is 12.8. The van der Waals surface area contributed by atoms with Crippen LogP contribution in [0.4, 0.5) is 0 Å². The number of ether oxygens (including phenoxy) is 12. The maximum absolute atomic E-state index is 11.6. The Morgan fingerprint density at radius 3 is 1.30 bits per heavy atom. The maximum atomic E-state index is 11.6. The lowest BCUT2D eigenvalue weighted by Crippen LogP contribution is -2.69. The van der Waals surface area contributed by atoms with E-state index in [-0.39, 0.29) is 6.61 Å². The number of rotatable bonds is 18. The largest absolute Gasteiger partial charge is 0.394 e. The first-order chi connectivity index (χ1) is 32.8. The third kappa shape index (κ3) is 11.9. The average Bonchev–Trinajstić information content (AvgIpc) is 3.34. The van der Waals surface area contributed by atoms with Gasteiger partial charge in [0.05, 0.1) is 51.8 Å². The van der Waals surface area contributed by atoms with Crippen molar-refractivity contribution in [3.8, 4) is 0 Å². The van der Waals surface area contributed by atoms with Gasteiger partial charge in [0.15, 0.2) is 37.7 Å². The van der Waals surface area contributed by atoms with E-state index in [9.17, 15) is 86.8 Å². The Morgan fingerprint density at radius 1 is 0.377 bits per heavy atom. The summed E-state index contributed by atoms with van der Waals surface area (Å²) in [6, 6.07) is -1.73. The van der Waals surface area contributed by atoms with Crippen molar-refractivity contribution in [3.05, 3.63) is 12.7 Å². The predicted molar refractivity (Wildman–Crippen MR) is 214 cm³/mol. The molecule has 6 aliphatic heterocycles. The van der Waals surface area contributed by atoms with Crippen LogP contribution in [0.1, 0.15) is 6.92 Å². The van der Waals surface area contributed by atoms with Gasteiger partial charge < -0.3 is 149 Å². The number of hydrogen-bond donors (Lipinski definition) is 18. The summed E-state index contributed by atoms with van der Waals surface area (Å²) in [6.07, 6.45) is -50.5.